The van der Waals surface area contributed by atoms with Gasteiger partial charge in [0.25, 0.3) is 10.2 Å². The van der Waals surface area contributed by atoms with Gasteiger partial charge in [-0.25, -0.2) is 4.72 Å². The van der Waals surface area contributed by atoms with Crippen LogP contribution < -0.4 is 10.5 Å². The Kier molecular flexibility index (Phi) is 5.17. The molecule has 3 N–H and O–H groups in total. The lowest BCUT2D eigenvalue weighted by Crippen LogP contribution is -2.47. The molecule has 96 valence electrons. The first-order valence-corrected chi connectivity index (χ1v) is 7.41. The van der Waals surface area contributed by atoms with Crippen LogP contribution in [-0.4, -0.2) is 38.4 Å². The molecule has 0 aliphatic carbocycles. The summed E-state index contributed by atoms with van der Waals surface area (Å²) in [5.74, 6) is 0.456. The quantitative estimate of drug-likeness (QED) is 0.735. The van der Waals surface area contributed by atoms with Gasteiger partial charge in [-0.15, -0.1) is 0 Å². The van der Waals surface area contributed by atoms with Gasteiger partial charge in [0.1, 0.15) is 0 Å². The number of nitrogens with one attached hydrogen (secondary N) is 1. The molecule has 0 spiro atoms. The average molecular weight is 249 g/mol. The Bertz CT molecular complexity index is 295. The summed E-state index contributed by atoms with van der Waals surface area (Å²) in [6, 6.07) is 0.161. The second-order valence-electron chi connectivity index (χ2n) is 4.49. The summed E-state index contributed by atoms with van der Waals surface area (Å²) in [5.41, 5.74) is 5.82. The highest BCUT2D eigenvalue weighted by molar-refractivity contribution is 7.87. The van der Waals surface area contributed by atoms with Crippen LogP contribution in [0.1, 0.15) is 33.1 Å². The third-order valence-corrected chi connectivity index (χ3v) is 4.73. The van der Waals surface area contributed by atoms with E-state index < -0.39 is 10.2 Å². The van der Waals surface area contributed by atoms with Crippen molar-refractivity contribution in [3.63, 3.8) is 0 Å². The number of nitrogens with zero attached hydrogens (tertiary/aromatic N) is 1. The molecule has 1 saturated heterocycles. The first-order chi connectivity index (χ1) is 7.47. The summed E-state index contributed by atoms with van der Waals surface area (Å²) in [6.07, 6.45) is 2.55. The Morgan fingerprint density at radius 1 is 1.44 bits per heavy atom. The third kappa shape index (κ3) is 3.69. The molecule has 0 aromatic carbocycles. The predicted octanol–water partition coefficient (Wildman–Crippen LogP) is 0.290. The second-order valence-corrected chi connectivity index (χ2v) is 6.25. The second kappa shape index (κ2) is 5.95. The molecule has 0 amide bonds. The maximum Gasteiger partial charge on any atom is 0.279 e. The molecular formula is C10H23N3O2S. The van der Waals surface area contributed by atoms with Crippen molar-refractivity contribution in [3.05, 3.63) is 0 Å². The molecule has 0 aromatic heterocycles. The minimum absolute atomic E-state index is 0.161. The molecule has 6 heteroatoms. The molecule has 5 nitrogen and oxygen atoms in total. The minimum Gasteiger partial charge on any atom is -0.328 e. The van der Waals surface area contributed by atoms with Gasteiger partial charge in [-0.2, -0.15) is 12.7 Å². The van der Waals surface area contributed by atoms with E-state index in [-0.39, 0.29) is 6.04 Å². The predicted molar refractivity (Wildman–Crippen MR) is 65.2 cm³/mol. The van der Waals surface area contributed by atoms with E-state index in [1.165, 1.54) is 4.31 Å². The van der Waals surface area contributed by atoms with Gasteiger partial charge in [-0.1, -0.05) is 6.92 Å². The lowest BCUT2D eigenvalue weighted by Gasteiger charge is -2.32. The van der Waals surface area contributed by atoms with Gasteiger partial charge in [0.05, 0.1) is 0 Å². The number of hydrogen-bond acceptors (Lipinski definition) is 3. The zero-order valence-electron chi connectivity index (χ0n) is 10.1. The Morgan fingerprint density at radius 2 is 2.00 bits per heavy atom. The normalized spacial score (nSPS) is 22.2. The summed E-state index contributed by atoms with van der Waals surface area (Å²) in [4.78, 5) is 0. The highest BCUT2D eigenvalue weighted by Gasteiger charge is 2.28. The molecule has 1 atom stereocenters. The molecule has 0 bridgehead atoms. The Balaban J connectivity index is 2.47. The molecule has 1 heterocycles. The third-order valence-electron chi connectivity index (χ3n) is 3.12. The first kappa shape index (κ1) is 13.9. The maximum absolute atomic E-state index is 11.8. The highest BCUT2D eigenvalue weighted by Crippen LogP contribution is 2.20. The fourth-order valence-electron chi connectivity index (χ4n) is 1.96. The van der Waals surface area contributed by atoms with Crippen molar-refractivity contribution in [2.75, 3.05) is 19.6 Å². The lowest BCUT2D eigenvalue weighted by molar-refractivity contribution is 0.249. The highest BCUT2D eigenvalue weighted by atomic mass is 32.2. The van der Waals surface area contributed by atoms with E-state index in [2.05, 4.69) is 4.72 Å². The van der Waals surface area contributed by atoms with Crippen LogP contribution in [0.3, 0.4) is 0 Å². The summed E-state index contributed by atoms with van der Waals surface area (Å²) < 4.78 is 27.7. The number of piperidine rings is 1. The van der Waals surface area contributed by atoms with Crippen LogP contribution in [0.2, 0.25) is 0 Å². The van der Waals surface area contributed by atoms with Gasteiger partial charge in [0.15, 0.2) is 0 Å². The van der Waals surface area contributed by atoms with Gasteiger partial charge in [0, 0.05) is 25.7 Å². The molecule has 1 aliphatic heterocycles. The first-order valence-electron chi connectivity index (χ1n) is 5.97. The van der Waals surface area contributed by atoms with E-state index in [4.69, 9.17) is 5.73 Å². The van der Waals surface area contributed by atoms with E-state index in [0.717, 1.165) is 19.3 Å². The summed E-state index contributed by atoms with van der Waals surface area (Å²) in [5, 5.41) is 0. The minimum atomic E-state index is -3.25. The van der Waals surface area contributed by atoms with Gasteiger partial charge in [0.2, 0.25) is 0 Å². The largest absolute Gasteiger partial charge is 0.328 e. The van der Waals surface area contributed by atoms with E-state index in [1.54, 1.807) is 0 Å². The molecule has 1 fully saturated rings. The summed E-state index contributed by atoms with van der Waals surface area (Å²) >= 11 is 0. The van der Waals surface area contributed by atoms with Gasteiger partial charge in [-0.05, 0) is 32.1 Å². The molecular weight excluding hydrogens is 226 g/mol. The Morgan fingerprint density at radius 3 is 2.44 bits per heavy atom. The molecule has 0 aromatic rings. The monoisotopic (exact) mass is 249 g/mol. The molecule has 16 heavy (non-hydrogen) atoms. The van der Waals surface area contributed by atoms with Gasteiger partial charge in [-0.3, -0.25) is 0 Å². The topological polar surface area (TPSA) is 75.4 Å². The molecule has 0 radical (unpaired) electrons. The maximum atomic E-state index is 11.8. The standard InChI is InChI=1S/C10H23N3O2S/c1-3-6-12-16(14,15)13-7-4-10(5-8-13)9(2)11/h9-10,12H,3-8,11H2,1-2H3. The number of hydrogen-bond donors (Lipinski definition) is 2. The van der Waals surface area contributed by atoms with Crippen molar-refractivity contribution in [3.8, 4) is 0 Å². The van der Waals surface area contributed by atoms with Crippen molar-refractivity contribution >= 4 is 10.2 Å². The zero-order valence-corrected chi connectivity index (χ0v) is 11.0. The molecule has 1 unspecified atom stereocenters. The van der Waals surface area contributed by atoms with Crippen molar-refractivity contribution in [2.45, 2.75) is 39.2 Å². The summed E-state index contributed by atoms with van der Waals surface area (Å²) in [7, 11) is -3.25. The average Bonchev–Trinajstić information content (AvgIpc) is 2.26. The van der Waals surface area contributed by atoms with Crippen molar-refractivity contribution in [2.24, 2.45) is 11.7 Å². The number of nitrogens with two attached hydrogens (primary N) is 1. The lowest BCUT2D eigenvalue weighted by atomic mass is 9.92. The van der Waals surface area contributed by atoms with Crippen LogP contribution >= 0.6 is 0 Å². The van der Waals surface area contributed by atoms with Crippen molar-refractivity contribution in [1.82, 2.24) is 9.03 Å². The smallest absolute Gasteiger partial charge is 0.279 e. The SMILES string of the molecule is CCCNS(=O)(=O)N1CCC(C(C)N)CC1. The van der Waals surface area contributed by atoms with Gasteiger partial charge < -0.3 is 5.73 Å². The van der Waals surface area contributed by atoms with E-state index in [1.807, 2.05) is 13.8 Å². The van der Waals surface area contributed by atoms with Crippen LogP contribution in [0, 0.1) is 5.92 Å². The van der Waals surface area contributed by atoms with E-state index in [9.17, 15) is 8.42 Å². The zero-order chi connectivity index (χ0) is 12.2. The van der Waals surface area contributed by atoms with Crippen LogP contribution in [0.25, 0.3) is 0 Å². The van der Waals surface area contributed by atoms with Crippen molar-refractivity contribution in [1.29, 1.82) is 0 Å². The van der Waals surface area contributed by atoms with Crippen LogP contribution in [-0.2, 0) is 10.2 Å². The van der Waals surface area contributed by atoms with E-state index in [0.29, 0.717) is 25.6 Å². The van der Waals surface area contributed by atoms with Crippen molar-refractivity contribution < 1.29 is 8.42 Å². The van der Waals surface area contributed by atoms with Crippen LogP contribution in [0.15, 0.2) is 0 Å². The Hall–Kier alpha value is -0.170. The summed E-state index contributed by atoms with van der Waals surface area (Å²) in [6.45, 7) is 5.63. The fourth-order valence-corrected chi connectivity index (χ4v) is 3.30. The van der Waals surface area contributed by atoms with Crippen LogP contribution in [0.5, 0.6) is 0 Å². The van der Waals surface area contributed by atoms with Gasteiger partial charge >= 0.3 is 0 Å². The Labute approximate surface area is 98.6 Å². The molecule has 0 saturated carbocycles. The molecule has 1 rings (SSSR count). The fraction of sp³-hybridized carbons (Fsp3) is 1.00. The van der Waals surface area contributed by atoms with E-state index >= 15 is 0 Å². The van der Waals surface area contributed by atoms with Crippen LogP contribution in [0.4, 0.5) is 0 Å². The number of rotatable bonds is 5. The molecule has 1 aliphatic rings.